The Hall–Kier alpha value is -0.860. The Morgan fingerprint density at radius 1 is 1.15 bits per heavy atom. The molecule has 0 amide bonds. The molecule has 0 aliphatic heterocycles. The van der Waals surface area contributed by atoms with Crippen LogP contribution in [0.3, 0.4) is 0 Å². The summed E-state index contributed by atoms with van der Waals surface area (Å²) in [6.07, 6.45) is 6.20. The predicted molar refractivity (Wildman–Crippen MR) is 87.0 cm³/mol. The summed E-state index contributed by atoms with van der Waals surface area (Å²) in [7, 11) is 2.00. The number of hydrogen-bond acceptors (Lipinski definition) is 2. The largest absolute Gasteiger partial charge is 0.376 e. The third kappa shape index (κ3) is 6.53. The van der Waals surface area contributed by atoms with E-state index in [1.165, 1.54) is 36.8 Å². The quantitative estimate of drug-likeness (QED) is 0.655. The number of hydrogen-bond donors (Lipinski definition) is 1. The van der Waals surface area contributed by atoms with Crippen molar-refractivity contribution in [3.8, 4) is 0 Å². The highest BCUT2D eigenvalue weighted by atomic mass is 16.5. The first-order valence-corrected chi connectivity index (χ1v) is 8.10. The molecule has 1 aromatic carbocycles. The molecule has 0 aromatic heterocycles. The lowest BCUT2D eigenvalue weighted by Crippen LogP contribution is -2.13. The monoisotopic (exact) mass is 277 g/mol. The lowest BCUT2D eigenvalue weighted by atomic mass is 10.0. The van der Waals surface area contributed by atoms with E-state index < -0.39 is 0 Å². The van der Waals surface area contributed by atoms with Crippen molar-refractivity contribution in [1.29, 1.82) is 0 Å². The molecule has 1 atom stereocenters. The predicted octanol–water partition coefficient (Wildman–Crippen LogP) is 4.18. The molecule has 0 aliphatic rings. The zero-order chi connectivity index (χ0) is 14.6. The molecule has 2 heteroatoms. The molecule has 20 heavy (non-hydrogen) atoms. The standard InChI is InChI=1S/C18H31NO/c1-4-6-9-16(5-2)14-20-15-18-11-8-7-10-17(18)12-13-19-3/h7-8,10-11,16,19H,4-6,9,12-15H2,1-3H3. The maximum Gasteiger partial charge on any atom is 0.0719 e. The van der Waals surface area contributed by atoms with Crippen LogP contribution in [0.1, 0.15) is 50.7 Å². The minimum absolute atomic E-state index is 0.722. The Kier molecular flexibility index (Phi) is 9.35. The summed E-state index contributed by atoms with van der Waals surface area (Å²) in [5.41, 5.74) is 2.75. The van der Waals surface area contributed by atoms with E-state index in [1.807, 2.05) is 7.05 Å². The highest BCUT2D eigenvalue weighted by Gasteiger charge is 2.07. The first-order valence-electron chi connectivity index (χ1n) is 8.10. The summed E-state index contributed by atoms with van der Waals surface area (Å²) in [5.74, 6) is 0.722. The van der Waals surface area contributed by atoms with E-state index in [-0.39, 0.29) is 0 Å². The van der Waals surface area contributed by atoms with Crippen molar-refractivity contribution in [3.05, 3.63) is 35.4 Å². The Morgan fingerprint density at radius 3 is 2.55 bits per heavy atom. The lowest BCUT2D eigenvalue weighted by Gasteiger charge is -2.16. The fraction of sp³-hybridized carbons (Fsp3) is 0.667. The third-order valence-electron chi connectivity index (χ3n) is 3.92. The molecule has 0 fully saturated rings. The van der Waals surface area contributed by atoms with E-state index >= 15 is 0 Å². The van der Waals surface area contributed by atoms with Crippen molar-refractivity contribution >= 4 is 0 Å². The minimum Gasteiger partial charge on any atom is -0.376 e. The molecule has 114 valence electrons. The van der Waals surface area contributed by atoms with Gasteiger partial charge in [0.2, 0.25) is 0 Å². The molecule has 1 N–H and O–H groups in total. The van der Waals surface area contributed by atoms with Crippen LogP contribution in [0, 0.1) is 5.92 Å². The van der Waals surface area contributed by atoms with Gasteiger partial charge in [-0.25, -0.2) is 0 Å². The highest BCUT2D eigenvalue weighted by Crippen LogP contribution is 2.15. The van der Waals surface area contributed by atoms with Crippen molar-refractivity contribution in [2.75, 3.05) is 20.2 Å². The second-order valence-electron chi connectivity index (χ2n) is 5.55. The number of rotatable bonds is 11. The molecule has 2 nitrogen and oxygen atoms in total. The van der Waals surface area contributed by atoms with Crippen molar-refractivity contribution in [1.82, 2.24) is 5.32 Å². The van der Waals surface area contributed by atoms with Crippen LogP contribution < -0.4 is 5.32 Å². The summed E-state index contributed by atoms with van der Waals surface area (Å²) < 4.78 is 5.97. The molecule has 0 heterocycles. The topological polar surface area (TPSA) is 21.3 Å². The van der Waals surface area contributed by atoms with Gasteiger partial charge in [-0.05, 0) is 43.5 Å². The summed E-state index contributed by atoms with van der Waals surface area (Å²) in [6.45, 7) is 7.20. The molecule has 1 unspecified atom stereocenters. The van der Waals surface area contributed by atoms with E-state index in [4.69, 9.17) is 4.74 Å². The van der Waals surface area contributed by atoms with Gasteiger partial charge in [0.15, 0.2) is 0 Å². The number of unbranched alkanes of at least 4 members (excludes halogenated alkanes) is 1. The van der Waals surface area contributed by atoms with Gasteiger partial charge in [0, 0.05) is 6.61 Å². The van der Waals surface area contributed by atoms with E-state index in [0.29, 0.717) is 0 Å². The summed E-state index contributed by atoms with van der Waals surface area (Å²) in [5, 5.41) is 3.21. The minimum atomic E-state index is 0.722. The SMILES string of the molecule is CCCCC(CC)COCc1ccccc1CCNC. The average molecular weight is 277 g/mol. The number of benzene rings is 1. The van der Waals surface area contributed by atoms with E-state index in [2.05, 4.69) is 43.4 Å². The summed E-state index contributed by atoms with van der Waals surface area (Å²) in [6, 6.07) is 8.63. The van der Waals surface area contributed by atoms with Crippen LogP contribution in [-0.4, -0.2) is 20.2 Å². The zero-order valence-electron chi connectivity index (χ0n) is 13.5. The number of ether oxygens (including phenoxy) is 1. The first-order chi connectivity index (χ1) is 9.81. The van der Waals surface area contributed by atoms with Gasteiger partial charge in [0.1, 0.15) is 0 Å². The average Bonchev–Trinajstić information content (AvgIpc) is 2.49. The Bertz CT molecular complexity index is 351. The van der Waals surface area contributed by atoms with Crippen LogP contribution in [0.25, 0.3) is 0 Å². The van der Waals surface area contributed by atoms with Crippen LogP contribution in [-0.2, 0) is 17.8 Å². The van der Waals surface area contributed by atoms with E-state index in [0.717, 1.165) is 32.1 Å². The van der Waals surface area contributed by atoms with Gasteiger partial charge in [0.25, 0.3) is 0 Å². The third-order valence-corrected chi connectivity index (χ3v) is 3.92. The molecule has 0 bridgehead atoms. The molecular weight excluding hydrogens is 246 g/mol. The first kappa shape index (κ1) is 17.2. The smallest absolute Gasteiger partial charge is 0.0719 e. The molecule has 0 saturated heterocycles. The normalized spacial score (nSPS) is 12.6. The van der Waals surface area contributed by atoms with Gasteiger partial charge in [-0.3, -0.25) is 0 Å². The van der Waals surface area contributed by atoms with Gasteiger partial charge in [-0.2, -0.15) is 0 Å². The van der Waals surface area contributed by atoms with E-state index in [1.54, 1.807) is 0 Å². The second kappa shape index (κ2) is 10.9. The fourth-order valence-electron chi connectivity index (χ4n) is 2.44. The second-order valence-corrected chi connectivity index (χ2v) is 5.55. The summed E-state index contributed by atoms with van der Waals surface area (Å²) >= 11 is 0. The molecule has 1 aromatic rings. The molecule has 0 saturated carbocycles. The zero-order valence-corrected chi connectivity index (χ0v) is 13.5. The van der Waals surface area contributed by atoms with Gasteiger partial charge >= 0.3 is 0 Å². The van der Waals surface area contributed by atoms with Crippen molar-refractivity contribution in [2.24, 2.45) is 5.92 Å². The molecular formula is C18H31NO. The molecule has 0 radical (unpaired) electrons. The van der Waals surface area contributed by atoms with Crippen LogP contribution >= 0.6 is 0 Å². The van der Waals surface area contributed by atoms with Crippen LogP contribution in [0.15, 0.2) is 24.3 Å². The van der Waals surface area contributed by atoms with Gasteiger partial charge in [-0.15, -0.1) is 0 Å². The fourth-order valence-corrected chi connectivity index (χ4v) is 2.44. The number of nitrogens with one attached hydrogen (secondary N) is 1. The van der Waals surface area contributed by atoms with Gasteiger partial charge < -0.3 is 10.1 Å². The van der Waals surface area contributed by atoms with Crippen molar-refractivity contribution in [3.63, 3.8) is 0 Å². The Morgan fingerprint density at radius 2 is 1.90 bits per heavy atom. The van der Waals surface area contributed by atoms with Crippen molar-refractivity contribution < 1.29 is 4.74 Å². The maximum absolute atomic E-state index is 5.97. The molecule has 1 rings (SSSR count). The van der Waals surface area contributed by atoms with Crippen LogP contribution in [0.2, 0.25) is 0 Å². The Labute approximate surface area is 124 Å². The Balaban J connectivity index is 2.40. The van der Waals surface area contributed by atoms with E-state index in [9.17, 15) is 0 Å². The van der Waals surface area contributed by atoms with Gasteiger partial charge in [0.05, 0.1) is 6.61 Å². The van der Waals surface area contributed by atoms with Gasteiger partial charge in [-0.1, -0.05) is 57.4 Å². The van der Waals surface area contributed by atoms with Crippen LogP contribution in [0.4, 0.5) is 0 Å². The summed E-state index contributed by atoms with van der Waals surface area (Å²) in [4.78, 5) is 0. The van der Waals surface area contributed by atoms with Crippen LogP contribution in [0.5, 0.6) is 0 Å². The lowest BCUT2D eigenvalue weighted by molar-refractivity contribution is 0.0815. The number of likely N-dealkylation sites (N-methyl/N-ethyl adjacent to an activating group) is 1. The highest BCUT2D eigenvalue weighted by molar-refractivity contribution is 5.26. The molecule has 0 spiro atoms. The maximum atomic E-state index is 5.97. The van der Waals surface area contributed by atoms with Crippen molar-refractivity contribution in [2.45, 2.75) is 52.6 Å². The molecule has 0 aliphatic carbocycles.